The Labute approximate surface area is 160 Å². The number of rotatable bonds is 2. The van der Waals surface area contributed by atoms with E-state index in [4.69, 9.17) is 11.6 Å². The molecule has 0 saturated carbocycles. The Morgan fingerprint density at radius 3 is 2.74 bits per heavy atom. The maximum atomic E-state index is 13.4. The number of nitrogens with zero attached hydrogens (tertiary/aromatic N) is 3. The van der Waals surface area contributed by atoms with Crippen molar-refractivity contribution < 1.29 is 19.1 Å². The van der Waals surface area contributed by atoms with Gasteiger partial charge in [-0.25, -0.2) is 4.39 Å². The van der Waals surface area contributed by atoms with Gasteiger partial charge in [0.1, 0.15) is 11.4 Å². The molecule has 1 atom stereocenters. The number of aromatic hydroxyl groups is 1. The first-order chi connectivity index (χ1) is 12.8. The molecule has 1 aromatic heterocycles. The molecule has 0 fully saturated rings. The second-order valence-electron chi connectivity index (χ2n) is 7.12. The first-order valence-electron chi connectivity index (χ1n) is 8.74. The Balaban J connectivity index is 1.69. The second-order valence-corrected chi connectivity index (χ2v) is 7.53. The smallest absolute Gasteiger partial charge is 0.274 e. The number of aromatic nitrogens is 1. The highest BCUT2D eigenvalue weighted by atomic mass is 35.5. The molecule has 6 nitrogen and oxygen atoms in total. The van der Waals surface area contributed by atoms with Crippen LogP contribution in [0.25, 0.3) is 0 Å². The Kier molecular flexibility index (Phi) is 4.14. The first kappa shape index (κ1) is 17.9. The van der Waals surface area contributed by atoms with Gasteiger partial charge in [0.15, 0.2) is 11.4 Å². The SMILES string of the molecule is CC1Cn2c3c(c(O)c2C(=O)N1C)C(=O)N(Cc1ccc(F)c(Cl)c1)CC3. The van der Waals surface area contributed by atoms with E-state index in [0.717, 1.165) is 0 Å². The number of benzene rings is 1. The topological polar surface area (TPSA) is 65.8 Å². The van der Waals surface area contributed by atoms with Crippen molar-refractivity contribution in [2.24, 2.45) is 0 Å². The van der Waals surface area contributed by atoms with Gasteiger partial charge >= 0.3 is 0 Å². The van der Waals surface area contributed by atoms with Crippen LogP contribution in [0.4, 0.5) is 4.39 Å². The zero-order chi connectivity index (χ0) is 19.5. The van der Waals surface area contributed by atoms with Crippen molar-refractivity contribution >= 4 is 23.4 Å². The summed E-state index contributed by atoms with van der Waals surface area (Å²) in [5, 5.41) is 10.6. The predicted molar refractivity (Wildman–Crippen MR) is 97.5 cm³/mol. The summed E-state index contributed by atoms with van der Waals surface area (Å²) in [6, 6.07) is 4.32. The predicted octanol–water partition coefficient (Wildman–Crippen LogP) is 2.66. The Morgan fingerprint density at radius 1 is 1.30 bits per heavy atom. The van der Waals surface area contributed by atoms with Crippen molar-refractivity contribution in [2.45, 2.75) is 32.5 Å². The van der Waals surface area contributed by atoms with Gasteiger partial charge in [0.25, 0.3) is 11.8 Å². The monoisotopic (exact) mass is 391 g/mol. The molecule has 0 bridgehead atoms. The largest absolute Gasteiger partial charge is 0.505 e. The Morgan fingerprint density at radius 2 is 2.04 bits per heavy atom. The van der Waals surface area contributed by atoms with Crippen LogP contribution in [0.2, 0.25) is 5.02 Å². The van der Waals surface area contributed by atoms with Crippen molar-refractivity contribution in [1.29, 1.82) is 0 Å². The van der Waals surface area contributed by atoms with E-state index in [1.807, 2.05) is 6.92 Å². The minimum absolute atomic E-state index is 0.00227. The third-order valence-electron chi connectivity index (χ3n) is 5.45. The zero-order valence-electron chi connectivity index (χ0n) is 15.0. The van der Waals surface area contributed by atoms with Gasteiger partial charge in [-0.1, -0.05) is 17.7 Å². The number of fused-ring (bicyclic) bond motifs is 3. The molecule has 2 amide bonds. The van der Waals surface area contributed by atoms with E-state index in [0.29, 0.717) is 30.8 Å². The van der Waals surface area contributed by atoms with Gasteiger partial charge in [-0.15, -0.1) is 0 Å². The van der Waals surface area contributed by atoms with Gasteiger partial charge in [0.05, 0.1) is 5.02 Å². The standard InChI is InChI=1S/C19H19ClFN3O3/c1-10-8-24-14-5-6-23(9-11-3-4-13(21)12(20)7-11)18(26)15(14)17(25)16(24)19(27)22(10)2/h3-4,7,10,25H,5-6,8-9H2,1-2H3. The van der Waals surface area contributed by atoms with Gasteiger partial charge in [-0.05, 0) is 24.6 Å². The third kappa shape index (κ3) is 2.68. The first-order valence-corrected chi connectivity index (χ1v) is 9.12. The second kappa shape index (κ2) is 6.27. The molecule has 8 heteroatoms. The molecule has 0 radical (unpaired) electrons. The van der Waals surface area contributed by atoms with Crippen LogP contribution in [0, 0.1) is 5.82 Å². The number of hydrogen-bond acceptors (Lipinski definition) is 3. The molecule has 3 heterocycles. The van der Waals surface area contributed by atoms with E-state index in [9.17, 15) is 19.1 Å². The number of likely N-dealkylation sites (N-methyl/N-ethyl adjacent to an activating group) is 1. The lowest BCUT2D eigenvalue weighted by molar-refractivity contribution is 0.0663. The number of hydrogen-bond donors (Lipinski definition) is 1. The fraction of sp³-hybridized carbons (Fsp3) is 0.368. The molecule has 2 aromatic rings. The highest BCUT2D eigenvalue weighted by Gasteiger charge is 2.40. The Hall–Kier alpha value is -2.54. The summed E-state index contributed by atoms with van der Waals surface area (Å²) in [6.45, 7) is 3.17. The van der Waals surface area contributed by atoms with E-state index in [2.05, 4.69) is 0 Å². The van der Waals surface area contributed by atoms with Crippen molar-refractivity contribution in [3.8, 4) is 5.75 Å². The highest BCUT2D eigenvalue weighted by Crippen LogP contribution is 2.37. The fourth-order valence-electron chi connectivity index (χ4n) is 3.82. The average molecular weight is 392 g/mol. The molecule has 1 aromatic carbocycles. The van der Waals surface area contributed by atoms with Gasteiger partial charge in [0.2, 0.25) is 0 Å². The molecule has 142 valence electrons. The number of carbonyl (C=O) groups excluding carboxylic acids is 2. The van der Waals surface area contributed by atoms with Crippen molar-refractivity contribution in [3.63, 3.8) is 0 Å². The number of amides is 2. The summed E-state index contributed by atoms with van der Waals surface area (Å²) in [7, 11) is 1.69. The molecule has 1 unspecified atom stereocenters. The summed E-state index contributed by atoms with van der Waals surface area (Å²) in [6.07, 6.45) is 0.535. The average Bonchev–Trinajstić information content (AvgIpc) is 2.91. The van der Waals surface area contributed by atoms with Crippen LogP contribution in [-0.4, -0.2) is 50.9 Å². The molecule has 27 heavy (non-hydrogen) atoms. The molecule has 4 rings (SSSR count). The van der Waals surface area contributed by atoms with Crippen LogP contribution < -0.4 is 0 Å². The quantitative estimate of drug-likeness (QED) is 0.855. The van der Waals surface area contributed by atoms with E-state index in [1.165, 1.54) is 12.1 Å². The van der Waals surface area contributed by atoms with E-state index < -0.39 is 5.82 Å². The van der Waals surface area contributed by atoms with Crippen LogP contribution in [0.3, 0.4) is 0 Å². The number of carbonyl (C=O) groups is 2. The summed E-state index contributed by atoms with van der Waals surface area (Å²) in [4.78, 5) is 28.7. The van der Waals surface area contributed by atoms with Crippen LogP contribution in [0.15, 0.2) is 18.2 Å². The summed E-state index contributed by atoms with van der Waals surface area (Å²) in [5.41, 5.74) is 1.78. The van der Waals surface area contributed by atoms with E-state index >= 15 is 0 Å². The zero-order valence-corrected chi connectivity index (χ0v) is 15.8. The minimum Gasteiger partial charge on any atom is -0.505 e. The lowest BCUT2D eigenvalue weighted by atomic mass is 10.0. The highest BCUT2D eigenvalue weighted by molar-refractivity contribution is 6.30. The van der Waals surface area contributed by atoms with Gasteiger partial charge < -0.3 is 19.5 Å². The van der Waals surface area contributed by atoms with E-state index in [-0.39, 0.29) is 46.4 Å². The van der Waals surface area contributed by atoms with Gasteiger partial charge in [-0.2, -0.15) is 0 Å². The van der Waals surface area contributed by atoms with Gasteiger partial charge in [0, 0.05) is 44.8 Å². The fourth-order valence-corrected chi connectivity index (χ4v) is 4.02. The molecular weight excluding hydrogens is 373 g/mol. The van der Waals surface area contributed by atoms with Crippen LogP contribution >= 0.6 is 11.6 Å². The van der Waals surface area contributed by atoms with E-state index in [1.54, 1.807) is 27.5 Å². The summed E-state index contributed by atoms with van der Waals surface area (Å²) < 4.78 is 15.1. The summed E-state index contributed by atoms with van der Waals surface area (Å²) in [5.74, 6) is -1.38. The number of halogens is 2. The third-order valence-corrected chi connectivity index (χ3v) is 5.74. The lowest BCUT2D eigenvalue weighted by Crippen LogP contribution is -2.44. The maximum absolute atomic E-state index is 13.4. The maximum Gasteiger partial charge on any atom is 0.274 e. The Bertz CT molecular complexity index is 972. The van der Waals surface area contributed by atoms with Crippen molar-refractivity contribution in [3.05, 3.63) is 51.6 Å². The van der Waals surface area contributed by atoms with Crippen LogP contribution in [0.5, 0.6) is 5.75 Å². The molecule has 0 aliphatic carbocycles. The normalized spacial score (nSPS) is 19.3. The molecule has 2 aliphatic heterocycles. The van der Waals surface area contributed by atoms with Crippen LogP contribution in [0.1, 0.15) is 39.0 Å². The summed E-state index contributed by atoms with van der Waals surface area (Å²) >= 11 is 5.82. The molecule has 1 N–H and O–H groups in total. The van der Waals surface area contributed by atoms with Crippen LogP contribution in [-0.2, 0) is 19.5 Å². The van der Waals surface area contributed by atoms with Crippen molar-refractivity contribution in [2.75, 3.05) is 13.6 Å². The lowest BCUT2D eigenvalue weighted by Gasteiger charge is -2.33. The molecular formula is C19H19ClFN3O3. The minimum atomic E-state index is -0.512. The van der Waals surface area contributed by atoms with Crippen molar-refractivity contribution in [1.82, 2.24) is 14.4 Å². The van der Waals surface area contributed by atoms with Gasteiger partial charge in [-0.3, -0.25) is 9.59 Å². The molecule has 0 saturated heterocycles. The molecule has 2 aliphatic rings. The molecule has 0 spiro atoms.